The lowest BCUT2D eigenvalue weighted by Crippen LogP contribution is -2.82. The molecule has 1 spiro atoms. The highest BCUT2D eigenvalue weighted by molar-refractivity contribution is 5.82. The van der Waals surface area contributed by atoms with Crippen molar-refractivity contribution in [3.05, 3.63) is 30.0 Å². The summed E-state index contributed by atoms with van der Waals surface area (Å²) in [5, 5.41) is 8.31. The number of nitrogens with two attached hydrogens (primary N) is 1. The zero-order valence-corrected chi connectivity index (χ0v) is 9.72. The first-order valence-corrected chi connectivity index (χ1v) is 6.31. The monoisotopic (exact) mass is 230 g/mol. The largest absolute Gasteiger partial charge is 0.361 e. The minimum atomic E-state index is -0.0889. The molecule has 2 aliphatic heterocycles. The summed E-state index contributed by atoms with van der Waals surface area (Å²) >= 11 is 0. The van der Waals surface area contributed by atoms with Gasteiger partial charge in [-0.3, -0.25) is 4.68 Å². The topological polar surface area (TPSA) is 43.7 Å². The molecule has 1 aromatic carbocycles. The Hall–Kier alpha value is -1.39. The summed E-state index contributed by atoms with van der Waals surface area (Å²) in [4.78, 5) is 0. The molecule has 0 radical (unpaired) electrons. The number of hydrogen-bond acceptors (Lipinski definition) is 2. The molecule has 2 N–H and O–H groups in total. The van der Waals surface area contributed by atoms with Crippen LogP contribution in [0, 0.1) is 0 Å². The van der Waals surface area contributed by atoms with Gasteiger partial charge < -0.3 is 10.1 Å². The molecule has 17 heavy (non-hydrogen) atoms. The van der Waals surface area contributed by atoms with Crippen LogP contribution in [0.5, 0.6) is 0 Å². The molecule has 1 atom stereocenters. The third-order valence-corrected chi connectivity index (χ3v) is 3.99. The molecule has 88 valence electrons. The highest BCUT2D eigenvalue weighted by Gasteiger charge is 2.46. The van der Waals surface area contributed by atoms with E-state index in [1.165, 1.54) is 11.1 Å². The van der Waals surface area contributed by atoms with E-state index >= 15 is 0 Å². The van der Waals surface area contributed by atoms with Crippen LogP contribution in [0.4, 0.5) is 0 Å². The van der Waals surface area contributed by atoms with Crippen molar-refractivity contribution in [3.63, 3.8) is 0 Å². The average Bonchev–Trinajstić information content (AvgIpc) is 2.94. The van der Waals surface area contributed by atoms with Crippen LogP contribution in [0.2, 0.25) is 0 Å². The summed E-state index contributed by atoms with van der Waals surface area (Å²) < 4.78 is 8.29. The van der Waals surface area contributed by atoms with Gasteiger partial charge in [-0.1, -0.05) is 18.2 Å². The van der Waals surface area contributed by atoms with Gasteiger partial charge in [0.15, 0.2) is 5.60 Å². The molecular weight excluding hydrogens is 214 g/mol. The van der Waals surface area contributed by atoms with Gasteiger partial charge in [0.05, 0.1) is 30.9 Å². The van der Waals surface area contributed by atoms with Crippen LogP contribution in [0.25, 0.3) is 10.9 Å². The SMILES string of the molecule is c1ccc2c3n(nc2c1)CCOC31CC[NH2+]C1. The molecule has 1 unspecified atom stereocenters. The van der Waals surface area contributed by atoms with Gasteiger partial charge in [0, 0.05) is 11.8 Å². The molecule has 4 nitrogen and oxygen atoms in total. The van der Waals surface area contributed by atoms with Crippen LogP contribution in [0.15, 0.2) is 24.3 Å². The Morgan fingerprint density at radius 1 is 1.35 bits per heavy atom. The molecule has 1 aromatic heterocycles. The van der Waals surface area contributed by atoms with Crippen LogP contribution in [0.1, 0.15) is 12.1 Å². The summed E-state index contributed by atoms with van der Waals surface area (Å²) in [5.41, 5.74) is 2.31. The second-order valence-corrected chi connectivity index (χ2v) is 4.96. The van der Waals surface area contributed by atoms with Crippen molar-refractivity contribution in [2.24, 2.45) is 0 Å². The van der Waals surface area contributed by atoms with Crippen LogP contribution in [-0.4, -0.2) is 29.5 Å². The van der Waals surface area contributed by atoms with E-state index in [4.69, 9.17) is 9.84 Å². The highest BCUT2D eigenvalue weighted by Crippen LogP contribution is 2.37. The summed E-state index contributed by atoms with van der Waals surface area (Å²) in [6.45, 7) is 3.85. The molecule has 1 saturated heterocycles. The van der Waals surface area contributed by atoms with Gasteiger partial charge in [0.25, 0.3) is 0 Å². The van der Waals surface area contributed by atoms with Crippen molar-refractivity contribution in [1.82, 2.24) is 9.78 Å². The van der Waals surface area contributed by atoms with Gasteiger partial charge >= 0.3 is 0 Å². The predicted octanol–water partition coefficient (Wildman–Crippen LogP) is 0.229. The van der Waals surface area contributed by atoms with E-state index in [1.54, 1.807) is 0 Å². The zero-order valence-electron chi connectivity index (χ0n) is 9.72. The van der Waals surface area contributed by atoms with Crippen LogP contribution >= 0.6 is 0 Å². The summed E-state index contributed by atoms with van der Waals surface area (Å²) in [5.74, 6) is 0. The van der Waals surface area contributed by atoms with E-state index in [2.05, 4.69) is 34.3 Å². The lowest BCUT2D eigenvalue weighted by atomic mass is 9.94. The first-order valence-electron chi connectivity index (χ1n) is 6.31. The Morgan fingerprint density at radius 3 is 3.18 bits per heavy atom. The molecule has 2 aliphatic rings. The van der Waals surface area contributed by atoms with Crippen molar-refractivity contribution in [3.8, 4) is 0 Å². The quantitative estimate of drug-likeness (QED) is 0.704. The number of benzene rings is 1. The van der Waals surface area contributed by atoms with Crippen LogP contribution in [0.3, 0.4) is 0 Å². The Morgan fingerprint density at radius 2 is 2.29 bits per heavy atom. The Labute approximate surface area is 99.6 Å². The number of rotatable bonds is 0. The van der Waals surface area contributed by atoms with E-state index in [0.717, 1.165) is 38.2 Å². The maximum atomic E-state index is 6.13. The fourth-order valence-electron chi connectivity index (χ4n) is 3.24. The second kappa shape index (κ2) is 3.31. The van der Waals surface area contributed by atoms with Crippen molar-refractivity contribution in [2.75, 3.05) is 19.7 Å². The molecule has 0 amide bonds. The van der Waals surface area contributed by atoms with E-state index < -0.39 is 0 Å². The van der Waals surface area contributed by atoms with Gasteiger partial charge in [-0.05, 0) is 6.07 Å². The standard InChI is InChI=1S/C13H15N3O/c1-2-4-11-10(3-1)12-13(5-6-14-9-13)17-8-7-16(12)15-11/h1-4,14H,5-9H2/p+1. The first-order chi connectivity index (χ1) is 8.39. The van der Waals surface area contributed by atoms with Gasteiger partial charge in [0.2, 0.25) is 0 Å². The molecule has 4 rings (SSSR count). The molecule has 0 bridgehead atoms. The van der Waals surface area contributed by atoms with Gasteiger partial charge in [-0.25, -0.2) is 0 Å². The lowest BCUT2D eigenvalue weighted by molar-refractivity contribution is -0.642. The smallest absolute Gasteiger partial charge is 0.164 e. The van der Waals surface area contributed by atoms with E-state index in [-0.39, 0.29) is 5.60 Å². The van der Waals surface area contributed by atoms with Crippen molar-refractivity contribution >= 4 is 10.9 Å². The number of aromatic nitrogens is 2. The van der Waals surface area contributed by atoms with Crippen molar-refractivity contribution in [2.45, 2.75) is 18.6 Å². The van der Waals surface area contributed by atoms with Gasteiger partial charge in [-0.2, -0.15) is 5.10 Å². The second-order valence-electron chi connectivity index (χ2n) is 4.96. The molecule has 1 fully saturated rings. The molecular formula is C13H16N3O+. The first kappa shape index (κ1) is 9.62. The third kappa shape index (κ3) is 1.22. The molecule has 0 aliphatic carbocycles. The van der Waals surface area contributed by atoms with Crippen LogP contribution in [-0.2, 0) is 16.9 Å². The van der Waals surface area contributed by atoms with Gasteiger partial charge in [-0.15, -0.1) is 0 Å². The summed E-state index contributed by atoms with van der Waals surface area (Å²) in [7, 11) is 0. The van der Waals surface area contributed by atoms with Crippen LogP contribution < -0.4 is 5.32 Å². The number of fused-ring (bicyclic) bond motifs is 4. The number of nitrogens with zero attached hydrogens (tertiary/aromatic N) is 2. The van der Waals surface area contributed by atoms with E-state index in [9.17, 15) is 0 Å². The summed E-state index contributed by atoms with van der Waals surface area (Å²) in [6, 6.07) is 8.40. The van der Waals surface area contributed by atoms with E-state index in [0.29, 0.717) is 0 Å². The zero-order chi connectivity index (χ0) is 11.3. The van der Waals surface area contributed by atoms with Crippen molar-refractivity contribution in [1.29, 1.82) is 0 Å². The minimum absolute atomic E-state index is 0.0889. The maximum absolute atomic E-state index is 6.13. The van der Waals surface area contributed by atoms with E-state index in [1.807, 2.05) is 0 Å². The molecule has 3 heterocycles. The molecule has 0 saturated carbocycles. The Balaban J connectivity index is 2.02. The number of hydrogen-bond donors (Lipinski definition) is 1. The number of quaternary nitrogens is 1. The molecule has 2 aromatic rings. The highest BCUT2D eigenvalue weighted by atomic mass is 16.5. The fourth-order valence-corrected chi connectivity index (χ4v) is 3.24. The Kier molecular flexibility index (Phi) is 1.87. The van der Waals surface area contributed by atoms with Gasteiger partial charge in [0.1, 0.15) is 6.54 Å². The van der Waals surface area contributed by atoms with Crippen molar-refractivity contribution < 1.29 is 10.1 Å². The predicted molar refractivity (Wildman–Crippen MR) is 63.6 cm³/mol. The molecule has 4 heteroatoms. The fraction of sp³-hybridized carbons (Fsp3) is 0.462. The third-order valence-electron chi connectivity index (χ3n) is 3.99. The number of ether oxygens (including phenoxy) is 1. The minimum Gasteiger partial charge on any atom is -0.361 e. The lowest BCUT2D eigenvalue weighted by Gasteiger charge is -2.31. The maximum Gasteiger partial charge on any atom is 0.164 e. The summed E-state index contributed by atoms with van der Waals surface area (Å²) in [6.07, 6.45) is 1.10. The average molecular weight is 230 g/mol. The Bertz CT molecular complexity index is 569. The normalized spacial score (nSPS) is 27.8.